The lowest BCUT2D eigenvalue weighted by atomic mass is 10.1. The number of benzene rings is 2. The van der Waals surface area contributed by atoms with E-state index >= 15 is 0 Å². The van der Waals surface area contributed by atoms with Gasteiger partial charge in [0.1, 0.15) is 4.98 Å². The van der Waals surface area contributed by atoms with E-state index in [1.165, 1.54) is 5.01 Å². The molecule has 2 unspecified atom stereocenters. The van der Waals surface area contributed by atoms with Crippen LogP contribution in [0.3, 0.4) is 0 Å². The monoisotopic (exact) mass is 322 g/mol. The Bertz CT molecular complexity index is 813. The Kier molecular flexibility index (Phi) is 3.93. The molecule has 0 bridgehead atoms. The molecule has 1 heterocycles. The van der Waals surface area contributed by atoms with Gasteiger partial charge in [0, 0.05) is 12.6 Å². The summed E-state index contributed by atoms with van der Waals surface area (Å²) in [5.41, 5.74) is 8.98. The van der Waals surface area contributed by atoms with Crippen molar-refractivity contribution in [2.24, 2.45) is 10.2 Å². The van der Waals surface area contributed by atoms with Crippen molar-refractivity contribution in [3.05, 3.63) is 59.6 Å². The number of carbonyl (C=O) groups is 1. The van der Waals surface area contributed by atoms with Crippen molar-refractivity contribution in [2.45, 2.75) is 18.6 Å². The summed E-state index contributed by atoms with van der Waals surface area (Å²) in [6.07, 6.45) is 0. The van der Waals surface area contributed by atoms with E-state index in [0.29, 0.717) is 17.1 Å². The number of amides is 1. The molecule has 0 spiro atoms. The first kappa shape index (κ1) is 15.6. The molecule has 8 heteroatoms. The molecule has 2 atom stereocenters. The summed E-state index contributed by atoms with van der Waals surface area (Å²) in [5.74, 6) is -0.360. The van der Waals surface area contributed by atoms with Gasteiger partial charge in [-0.2, -0.15) is 10.2 Å². The fourth-order valence-corrected chi connectivity index (χ4v) is 2.38. The van der Waals surface area contributed by atoms with Gasteiger partial charge in [-0.05, 0) is 36.4 Å². The highest BCUT2D eigenvalue weighted by atomic mass is 16.2. The average molecular weight is 322 g/mol. The molecule has 2 aromatic rings. The first-order valence-corrected chi connectivity index (χ1v) is 7.33. The van der Waals surface area contributed by atoms with Crippen molar-refractivity contribution < 1.29 is 4.79 Å². The van der Waals surface area contributed by atoms with Crippen LogP contribution in [0.1, 0.15) is 6.92 Å². The Balaban J connectivity index is 1.89. The normalized spacial score (nSPS) is 23.6. The fourth-order valence-electron chi connectivity index (χ4n) is 2.38. The second-order valence-corrected chi connectivity index (χ2v) is 5.58. The number of para-hydroxylation sites is 1. The summed E-state index contributed by atoms with van der Waals surface area (Å²) in [7, 11) is 0. The van der Waals surface area contributed by atoms with Gasteiger partial charge < -0.3 is 5.73 Å². The third-order valence-corrected chi connectivity index (χ3v) is 3.73. The van der Waals surface area contributed by atoms with Crippen LogP contribution in [0.2, 0.25) is 0 Å². The summed E-state index contributed by atoms with van der Waals surface area (Å²) in [6, 6.07) is 14.7. The van der Waals surface area contributed by atoms with E-state index in [4.69, 9.17) is 5.73 Å². The topological polar surface area (TPSA) is 111 Å². The van der Waals surface area contributed by atoms with Crippen molar-refractivity contribution in [3.63, 3.8) is 0 Å². The van der Waals surface area contributed by atoms with E-state index in [0.717, 1.165) is 0 Å². The molecule has 1 fully saturated rings. The van der Waals surface area contributed by atoms with Gasteiger partial charge in [-0.25, -0.2) is 5.01 Å². The second kappa shape index (κ2) is 6.06. The summed E-state index contributed by atoms with van der Waals surface area (Å²) >= 11 is 0. The van der Waals surface area contributed by atoms with Crippen molar-refractivity contribution in [1.82, 2.24) is 5.43 Å². The minimum atomic E-state index is -1.30. The number of carbonyl (C=O) groups excluding carboxylic acids is 1. The number of nitrogens with two attached hydrogens (primary N) is 1. The summed E-state index contributed by atoms with van der Waals surface area (Å²) in [6.45, 7) is 1.57. The molecular weight excluding hydrogens is 306 g/mol. The van der Waals surface area contributed by atoms with Gasteiger partial charge in [0.05, 0.1) is 11.4 Å². The van der Waals surface area contributed by atoms with E-state index in [1.807, 2.05) is 6.07 Å². The molecule has 2 aromatic carbocycles. The smallest absolute Gasteiger partial charge is 0.399 e. The lowest BCUT2D eigenvalue weighted by molar-refractivity contribution is -0.118. The molecule has 120 valence electrons. The molecule has 1 aliphatic rings. The zero-order valence-corrected chi connectivity index (χ0v) is 13.0. The summed E-state index contributed by atoms with van der Waals surface area (Å²) in [5, 5.41) is 18.8. The van der Waals surface area contributed by atoms with Gasteiger partial charge in [0.15, 0.2) is 0 Å². The molecule has 24 heavy (non-hydrogen) atoms. The highest BCUT2D eigenvalue weighted by Crippen LogP contribution is 2.29. The molecule has 1 saturated heterocycles. The van der Waals surface area contributed by atoms with Crippen LogP contribution in [-0.4, -0.2) is 17.6 Å². The summed E-state index contributed by atoms with van der Waals surface area (Å²) in [4.78, 5) is 16.0. The number of hydrazine groups is 1. The minimum Gasteiger partial charge on any atom is -0.399 e. The largest absolute Gasteiger partial charge is 0.423 e. The first-order chi connectivity index (χ1) is 11.5. The molecule has 3 rings (SSSR count). The number of nitrogens with one attached hydrogen (secondary N) is 1. The average Bonchev–Trinajstić information content (AvgIpc) is 2.87. The fraction of sp³-hybridized carbons (Fsp3) is 0.188. The number of nitrogens with zero attached hydrogens (tertiary/aromatic N) is 5. The van der Waals surface area contributed by atoms with Crippen LogP contribution in [0.15, 0.2) is 64.8 Å². The predicted octanol–water partition coefficient (Wildman–Crippen LogP) is 2.84. The van der Waals surface area contributed by atoms with Crippen molar-refractivity contribution in [2.75, 3.05) is 10.7 Å². The molecular formula is C16H16N7O+. The van der Waals surface area contributed by atoms with Gasteiger partial charge >= 0.3 is 5.66 Å². The summed E-state index contributed by atoms with van der Waals surface area (Å²) < 4.78 is 0. The lowest BCUT2D eigenvalue weighted by Gasteiger charge is -2.14. The Labute approximate surface area is 138 Å². The van der Waals surface area contributed by atoms with E-state index < -0.39 is 11.7 Å². The number of rotatable bonds is 3. The molecule has 0 aliphatic carbocycles. The zero-order chi connectivity index (χ0) is 17.2. The Morgan fingerprint density at radius 1 is 1.21 bits per heavy atom. The van der Waals surface area contributed by atoms with Gasteiger partial charge in [-0.3, -0.25) is 4.79 Å². The zero-order valence-electron chi connectivity index (χ0n) is 13.0. The van der Waals surface area contributed by atoms with Crippen molar-refractivity contribution >= 4 is 23.0 Å². The van der Waals surface area contributed by atoms with E-state index in [2.05, 4.69) is 20.6 Å². The minimum absolute atomic E-state index is 0.360. The lowest BCUT2D eigenvalue weighted by Crippen LogP contribution is -2.44. The van der Waals surface area contributed by atoms with Crippen LogP contribution in [0, 0.1) is 5.39 Å². The van der Waals surface area contributed by atoms with Gasteiger partial charge in [0.2, 0.25) is 5.39 Å². The van der Waals surface area contributed by atoms with E-state index in [1.54, 1.807) is 55.5 Å². The van der Waals surface area contributed by atoms with Gasteiger partial charge in [-0.15, -0.1) is 5.43 Å². The third kappa shape index (κ3) is 2.80. The number of nitrogen functional groups attached to an aromatic ring is 1. The molecule has 1 amide bonds. The molecule has 0 radical (unpaired) electrons. The van der Waals surface area contributed by atoms with Crippen molar-refractivity contribution in [1.29, 1.82) is 5.39 Å². The molecule has 1 aliphatic heterocycles. The number of diazo groups is 1. The number of anilines is 2. The predicted molar refractivity (Wildman–Crippen MR) is 89.7 cm³/mol. The molecule has 8 nitrogen and oxygen atoms in total. The maximum Gasteiger partial charge on any atom is 0.423 e. The maximum atomic E-state index is 12.7. The number of azo groups is 1. The second-order valence-electron chi connectivity index (χ2n) is 5.58. The van der Waals surface area contributed by atoms with Crippen LogP contribution in [0.5, 0.6) is 0 Å². The number of hydrogen-bond donors (Lipinski definition) is 2. The standard InChI is InChI=1S/C16H16N7O/c1-16(21-18)14(20-19-12-9-7-11(17)8-10-12)15(24)23(22-16)13-5-3-2-4-6-13/h2-10,14,22H,17H2,1H3/q+1. The van der Waals surface area contributed by atoms with E-state index in [-0.39, 0.29) is 5.91 Å². The van der Waals surface area contributed by atoms with Crippen LogP contribution in [-0.2, 0) is 4.79 Å². The maximum absolute atomic E-state index is 12.7. The van der Waals surface area contributed by atoms with Crippen LogP contribution < -0.4 is 16.2 Å². The van der Waals surface area contributed by atoms with Gasteiger partial charge in [-0.1, -0.05) is 18.2 Å². The molecule has 0 saturated carbocycles. The van der Waals surface area contributed by atoms with E-state index in [9.17, 15) is 10.2 Å². The highest BCUT2D eigenvalue weighted by molar-refractivity contribution is 6.00. The first-order valence-electron chi connectivity index (χ1n) is 7.33. The molecule has 3 N–H and O–H groups in total. The quantitative estimate of drug-likeness (QED) is 0.514. The SMILES string of the molecule is CC1([N+]#N)NN(c2ccccc2)C(=O)C1N=Nc1ccc(N)cc1. The third-order valence-electron chi connectivity index (χ3n) is 3.73. The van der Waals surface area contributed by atoms with Crippen LogP contribution in [0.25, 0.3) is 4.98 Å². The number of hydrogen-bond acceptors (Lipinski definition) is 6. The van der Waals surface area contributed by atoms with Gasteiger partial charge in [0.25, 0.3) is 11.9 Å². The molecule has 0 aromatic heterocycles. The van der Waals surface area contributed by atoms with Crippen molar-refractivity contribution in [3.8, 4) is 0 Å². The Morgan fingerprint density at radius 2 is 1.88 bits per heavy atom. The Hall–Kier alpha value is -3.31. The Morgan fingerprint density at radius 3 is 2.50 bits per heavy atom. The highest BCUT2D eigenvalue weighted by Gasteiger charge is 2.61. The van der Waals surface area contributed by atoms with Crippen LogP contribution in [0.4, 0.5) is 17.1 Å². The van der Waals surface area contributed by atoms with Crippen LogP contribution >= 0.6 is 0 Å².